The molecule has 0 radical (unpaired) electrons. The second kappa shape index (κ2) is 7.53. The summed E-state index contributed by atoms with van der Waals surface area (Å²) >= 11 is 1.79. The summed E-state index contributed by atoms with van der Waals surface area (Å²) in [5, 5.41) is 6.92. The smallest absolute Gasteiger partial charge is 0.107 e. The molecular weight excluding hydrogens is 266 g/mol. The van der Waals surface area contributed by atoms with Crippen molar-refractivity contribution < 1.29 is 0 Å². The largest absolute Gasteiger partial charge is 0.310 e. The van der Waals surface area contributed by atoms with Crippen molar-refractivity contribution in [3.05, 3.63) is 16.1 Å². The van der Waals surface area contributed by atoms with Gasteiger partial charge in [0.25, 0.3) is 0 Å². The highest BCUT2D eigenvalue weighted by atomic mass is 32.1. The van der Waals surface area contributed by atoms with Crippen LogP contribution in [0.3, 0.4) is 0 Å². The van der Waals surface area contributed by atoms with Gasteiger partial charge in [0.2, 0.25) is 0 Å². The first-order valence-electron chi connectivity index (χ1n) is 7.92. The van der Waals surface area contributed by atoms with E-state index in [-0.39, 0.29) is 0 Å². The van der Waals surface area contributed by atoms with E-state index in [0.717, 1.165) is 25.6 Å². The SMILES string of the molecule is CC(C)CNCc1nc(CN(CC2CC2)C(C)C)cs1. The van der Waals surface area contributed by atoms with Gasteiger partial charge < -0.3 is 5.32 Å². The number of hydrogen-bond acceptors (Lipinski definition) is 4. The molecule has 0 saturated heterocycles. The van der Waals surface area contributed by atoms with Crippen molar-refractivity contribution in [3.8, 4) is 0 Å². The van der Waals surface area contributed by atoms with Crippen LogP contribution in [-0.4, -0.2) is 29.0 Å². The zero-order valence-electron chi connectivity index (χ0n) is 13.4. The summed E-state index contributed by atoms with van der Waals surface area (Å²) in [5.41, 5.74) is 1.24. The second-order valence-electron chi connectivity index (χ2n) is 6.72. The average Bonchev–Trinajstić information content (AvgIpc) is 3.07. The fourth-order valence-electron chi connectivity index (χ4n) is 2.27. The zero-order chi connectivity index (χ0) is 14.5. The number of thiazole rings is 1. The van der Waals surface area contributed by atoms with Crippen molar-refractivity contribution in [3.63, 3.8) is 0 Å². The van der Waals surface area contributed by atoms with Crippen LogP contribution in [0.2, 0.25) is 0 Å². The van der Waals surface area contributed by atoms with Crippen LogP contribution in [0.15, 0.2) is 5.38 Å². The van der Waals surface area contributed by atoms with Crippen LogP contribution in [0.4, 0.5) is 0 Å². The maximum Gasteiger partial charge on any atom is 0.107 e. The van der Waals surface area contributed by atoms with Gasteiger partial charge in [0.05, 0.1) is 5.69 Å². The monoisotopic (exact) mass is 295 g/mol. The molecular formula is C16H29N3S. The number of hydrogen-bond donors (Lipinski definition) is 1. The lowest BCUT2D eigenvalue weighted by Gasteiger charge is -2.25. The molecule has 1 aromatic heterocycles. The Morgan fingerprint density at radius 3 is 2.70 bits per heavy atom. The molecule has 0 bridgehead atoms. The summed E-state index contributed by atoms with van der Waals surface area (Å²) < 4.78 is 0. The van der Waals surface area contributed by atoms with Crippen molar-refractivity contribution in [1.29, 1.82) is 0 Å². The van der Waals surface area contributed by atoms with Crippen molar-refractivity contribution in [2.45, 2.75) is 59.7 Å². The molecule has 1 aliphatic carbocycles. The second-order valence-corrected chi connectivity index (χ2v) is 7.67. The molecule has 4 heteroatoms. The molecule has 1 heterocycles. The van der Waals surface area contributed by atoms with Gasteiger partial charge in [-0.15, -0.1) is 11.3 Å². The van der Waals surface area contributed by atoms with Crippen molar-refractivity contribution in [1.82, 2.24) is 15.2 Å². The summed E-state index contributed by atoms with van der Waals surface area (Å²) in [6.45, 7) is 13.3. The molecule has 20 heavy (non-hydrogen) atoms. The van der Waals surface area contributed by atoms with Crippen LogP contribution in [0.5, 0.6) is 0 Å². The van der Waals surface area contributed by atoms with E-state index < -0.39 is 0 Å². The van der Waals surface area contributed by atoms with E-state index in [1.807, 2.05) is 0 Å². The minimum absolute atomic E-state index is 0.611. The molecule has 114 valence electrons. The quantitative estimate of drug-likeness (QED) is 0.755. The van der Waals surface area contributed by atoms with E-state index in [9.17, 15) is 0 Å². The Labute approximate surface area is 127 Å². The molecule has 1 fully saturated rings. The van der Waals surface area contributed by atoms with Crippen LogP contribution in [0.1, 0.15) is 51.2 Å². The fraction of sp³-hybridized carbons (Fsp3) is 0.812. The standard InChI is InChI=1S/C16H29N3S/c1-12(2)7-17-8-16-18-15(11-20-16)10-19(13(3)4)9-14-5-6-14/h11-14,17H,5-10H2,1-4H3. The van der Waals surface area contributed by atoms with Gasteiger partial charge in [-0.25, -0.2) is 4.98 Å². The van der Waals surface area contributed by atoms with Gasteiger partial charge in [-0.2, -0.15) is 0 Å². The Hall–Kier alpha value is -0.450. The van der Waals surface area contributed by atoms with Crippen LogP contribution in [0, 0.1) is 11.8 Å². The van der Waals surface area contributed by atoms with Crippen molar-refractivity contribution in [2.24, 2.45) is 11.8 Å². The van der Waals surface area contributed by atoms with Gasteiger partial charge in [0, 0.05) is 31.1 Å². The first kappa shape index (κ1) is 15.9. The molecule has 0 aromatic carbocycles. The van der Waals surface area contributed by atoms with Crippen molar-refractivity contribution >= 4 is 11.3 Å². The van der Waals surface area contributed by atoms with Gasteiger partial charge in [-0.3, -0.25) is 4.90 Å². The van der Waals surface area contributed by atoms with Crippen LogP contribution in [0.25, 0.3) is 0 Å². The molecule has 0 atom stereocenters. The highest BCUT2D eigenvalue weighted by Gasteiger charge is 2.25. The third-order valence-electron chi connectivity index (χ3n) is 3.71. The van der Waals surface area contributed by atoms with Gasteiger partial charge >= 0.3 is 0 Å². The molecule has 1 N–H and O–H groups in total. The van der Waals surface area contributed by atoms with Gasteiger partial charge in [-0.05, 0) is 45.1 Å². The molecule has 0 amide bonds. The van der Waals surface area contributed by atoms with Crippen LogP contribution >= 0.6 is 11.3 Å². The van der Waals surface area contributed by atoms with Crippen molar-refractivity contribution in [2.75, 3.05) is 13.1 Å². The minimum atomic E-state index is 0.611. The normalized spacial score (nSPS) is 15.8. The minimum Gasteiger partial charge on any atom is -0.310 e. The highest BCUT2D eigenvalue weighted by Crippen LogP contribution is 2.30. The summed E-state index contributed by atoms with van der Waals surface area (Å²) in [7, 11) is 0. The summed E-state index contributed by atoms with van der Waals surface area (Å²) in [5.74, 6) is 1.65. The van der Waals surface area contributed by atoms with E-state index in [1.54, 1.807) is 11.3 Å². The van der Waals surface area contributed by atoms with E-state index in [4.69, 9.17) is 4.98 Å². The molecule has 0 unspecified atom stereocenters. The van der Waals surface area contributed by atoms with E-state index >= 15 is 0 Å². The third-order valence-corrected chi connectivity index (χ3v) is 4.61. The lowest BCUT2D eigenvalue weighted by atomic mass is 10.2. The summed E-state index contributed by atoms with van der Waals surface area (Å²) in [4.78, 5) is 7.34. The van der Waals surface area contributed by atoms with Gasteiger partial charge in [-0.1, -0.05) is 13.8 Å². The predicted octanol–water partition coefficient (Wildman–Crippen LogP) is 3.51. The average molecular weight is 295 g/mol. The maximum atomic E-state index is 4.77. The van der Waals surface area contributed by atoms with E-state index in [0.29, 0.717) is 12.0 Å². The summed E-state index contributed by atoms with van der Waals surface area (Å²) in [6.07, 6.45) is 2.84. The zero-order valence-corrected chi connectivity index (χ0v) is 14.2. The third kappa shape index (κ3) is 5.51. The molecule has 3 nitrogen and oxygen atoms in total. The number of aromatic nitrogens is 1. The van der Waals surface area contributed by atoms with Crippen LogP contribution in [-0.2, 0) is 13.1 Å². The lowest BCUT2D eigenvalue weighted by molar-refractivity contribution is 0.201. The summed E-state index contributed by atoms with van der Waals surface area (Å²) in [6, 6.07) is 0.611. The van der Waals surface area contributed by atoms with E-state index in [2.05, 4.69) is 43.3 Å². The topological polar surface area (TPSA) is 28.2 Å². The highest BCUT2D eigenvalue weighted by molar-refractivity contribution is 7.09. The van der Waals surface area contributed by atoms with Gasteiger partial charge in [0.15, 0.2) is 0 Å². The molecule has 1 aromatic rings. The lowest BCUT2D eigenvalue weighted by Crippen LogP contribution is -2.32. The molecule has 1 saturated carbocycles. The fourth-order valence-corrected chi connectivity index (χ4v) is 3.02. The number of nitrogens with one attached hydrogen (secondary N) is 1. The number of nitrogens with zero attached hydrogens (tertiary/aromatic N) is 2. The molecule has 0 spiro atoms. The predicted molar refractivity (Wildman–Crippen MR) is 86.9 cm³/mol. The van der Waals surface area contributed by atoms with Gasteiger partial charge in [0.1, 0.15) is 5.01 Å². The van der Waals surface area contributed by atoms with E-state index in [1.165, 1.54) is 30.1 Å². The number of rotatable bonds is 9. The molecule has 2 rings (SSSR count). The maximum absolute atomic E-state index is 4.77. The Kier molecular flexibility index (Phi) is 6.00. The molecule has 0 aliphatic heterocycles. The first-order valence-corrected chi connectivity index (χ1v) is 8.80. The Balaban J connectivity index is 1.80. The Morgan fingerprint density at radius 2 is 2.10 bits per heavy atom. The Bertz CT molecular complexity index is 396. The Morgan fingerprint density at radius 1 is 1.35 bits per heavy atom. The van der Waals surface area contributed by atoms with Crippen LogP contribution < -0.4 is 5.32 Å². The molecule has 1 aliphatic rings. The first-order chi connectivity index (χ1) is 9.54.